The van der Waals surface area contributed by atoms with Gasteiger partial charge < -0.3 is 0 Å². The van der Waals surface area contributed by atoms with Crippen LogP contribution in [0.25, 0.3) is 0 Å². The van der Waals surface area contributed by atoms with E-state index in [-0.39, 0.29) is 0 Å². The molecule has 0 N–H and O–H groups in total. The summed E-state index contributed by atoms with van der Waals surface area (Å²) >= 11 is 0. The first-order chi connectivity index (χ1) is 12.9. The van der Waals surface area contributed by atoms with Crippen LogP contribution in [-0.4, -0.2) is 0 Å². The molecule has 0 heterocycles. The summed E-state index contributed by atoms with van der Waals surface area (Å²) in [6, 6.07) is 0. The molecule has 0 aliphatic heterocycles. The van der Waals surface area contributed by atoms with Gasteiger partial charge in [-0.1, -0.05) is 39.5 Å². The molecule has 3 fully saturated rings. The second-order valence-electron chi connectivity index (χ2n) is 9.66. The summed E-state index contributed by atoms with van der Waals surface area (Å²) in [6.07, 6.45) is 3.56. The Bertz CT molecular complexity index is 884. The zero-order chi connectivity index (χ0) is 18.5. The first-order valence-corrected chi connectivity index (χ1v) is 10.3. The van der Waals surface area contributed by atoms with Crippen molar-refractivity contribution < 1.29 is 0 Å². The van der Waals surface area contributed by atoms with Gasteiger partial charge in [0.25, 0.3) is 0 Å². The molecule has 1 aromatic rings. The molecule has 27 heavy (non-hydrogen) atoms. The minimum absolute atomic E-state index is 0.479. The maximum Gasteiger partial charge on any atom is 0.0101 e. The van der Waals surface area contributed by atoms with Crippen molar-refractivity contribution >= 4 is 0 Å². The SMILES string of the molecule is C=C1C(=C)[C@@H]2C[C@H]1c1c3c(c4c(c12)[C@@H]1C[C@H]4C(=C)C1=C)[C@H]1C[C@@H]3C(=C)C1=C. The van der Waals surface area contributed by atoms with E-state index < -0.39 is 0 Å². The zero-order valence-corrected chi connectivity index (χ0v) is 15.8. The van der Waals surface area contributed by atoms with E-state index in [0.717, 1.165) is 0 Å². The molecule has 0 saturated heterocycles. The molecule has 6 aliphatic rings. The smallest absolute Gasteiger partial charge is 0.0101 e. The van der Waals surface area contributed by atoms with Crippen molar-refractivity contribution in [3.8, 4) is 0 Å². The van der Waals surface area contributed by atoms with Crippen LogP contribution >= 0.6 is 0 Å². The Morgan fingerprint density at radius 3 is 0.630 bits per heavy atom. The van der Waals surface area contributed by atoms with Gasteiger partial charge in [-0.2, -0.15) is 0 Å². The van der Waals surface area contributed by atoms with E-state index >= 15 is 0 Å². The molecule has 6 atom stereocenters. The summed E-state index contributed by atoms with van der Waals surface area (Å²) in [5.74, 6) is 2.88. The molecular weight excluding hydrogens is 324 g/mol. The molecule has 132 valence electrons. The van der Waals surface area contributed by atoms with Gasteiger partial charge in [-0.15, -0.1) is 0 Å². The van der Waals surface area contributed by atoms with Gasteiger partial charge in [0, 0.05) is 35.5 Å². The summed E-state index contributed by atoms with van der Waals surface area (Å²) < 4.78 is 0. The average Bonchev–Trinajstić information content (AvgIpc) is 3.43. The topological polar surface area (TPSA) is 0 Å². The second-order valence-corrected chi connectivity index (χ2v) is 9.66. The predicted molar refractivity (Wildman–Crippen MR) is 112 cm³/mol. The quantitative estimate of drug-likeness (QED) is 0.485. The van der Waals surface area contributed by atoms with E-state index in [1.54, 1.807) is 33.4 Å². The van der Waals surface area contributed by atoms with E-state index in [1.165, 1.54) is 52.7 Å². The van der Waals surface area contributed by atoms with Gasteiger partial charge >= 0.3 is 0 Å². The number of benzene rings is 1. The lowest BCUT2D eigenvalue weighted by Crippen LogP contribution is -2.19. The highest BCUT2D eigenvalue weighted by Gasteiger charge is 2.57. The molecule has 0 heteroatoms. The molecule has 6 aliphatic carbocycles. The van der Waals surface area contributed by atoms with E-state index in [9.17, 15) is 0 Å². The molecule has 3 saturated carbocycles. The maximum atomic E-state index is 4.44. The zero-order valence-electron chi connectivity index (χ0n) is 15.8. The monoisotopic (exact) mass is 348 g/mol. The summed E-state index contributed by atoms with van der Waals surface area (Å²) in [5, 5.41) is 0. The maximum absolute atomic E-state index is 4.44. The normalized spacial score (nSPS) is 39.1. The third-order valence-electron chi connectivity index (χ3n) is 9.01. The first kappa shape index (κ1) is 14.7. The number of fused-ring (bicyclic) bond motifs is 18. The van der Waals surface area contributed by atoms with Gasteiger partial charge in [0.15, 0.2) is 0 Å². The molecule has 1 aromatic carbocycles. The lowest BCUT2D eigenvalue weighted by atomic mass is 9.68. The average molecular weight is 348 g/mol. The van der Waals surface area contributed by atoms with E-state index in [2.05, 4.69) is 39.5 Å². The van der Waals surface area contributed by atoms with Crippen molar-refractivity contribution in [2.24, 2.45) is 0 Å². The Labute approximate surface area is 161 Å². The Morgan fingerprint density at radius 2 is 0.481 bits per heavy atom. The minimum atomic E-state index is 0.479. The number of rotatable bonds is 0. The van der Waals surface area contributed by atoms with E-state index in [4.69, 9.17) is 0 Å². The third kappa shape index (κ3) is 1.27. The summed E-state index contributed by atoms with van der Waals surface area (Å²) in [6.45, 7) is 26.6. The largest absolute Gasteiger partial charge is 0.0949 e. The van der Waals surface area contributed by atoms with Crippen molar-refractivity contribution in [2.45, 2.75) is 54.8 Å². The molecule has 0 amide bonds. The van der Waals surface area contributed by atoms with Crippen molar-refractivity contribution in [3.63, 3.8) is 0 Å². The fraction of sp³-hybridized carbons (Fsp3) is 0.333. The molecule has 0 spiro atoms. The van der Waals surface area contributed by atoms with Gasteiger partial charge in [0.1, 0.15) is 0 Å². The van der Waals surface area contributed by atoms with E-state index in [0.29, 0.717) is 35.5 Å². The van der Waals surface area contributed by atoms with Gasteiger partial charge in [-0.25, -0.2) is 0 Å². The highest BCUT2D eigenvalue weighted by atomic mass is 14.6. The molecule has 0 aromatic heterocycles. The van der Waals surface area contributed by atoms with Crippen molar-refractivity contribution in [1.29, 1.82) is 0 Å². The summed E-state index contributed by atoms with van der Waals surface area (Å²) in [4.78, 5) is 0. The minimum Gasteiger partial charge on any atom is -0.0949 e. The highest BCUT2D eigenvalue weighted by molar-refractivity contribution is 5.78. The van der Waals surface area contributed by atoms with Crippen LogP contribution in [0, 0.1) is 0 Å². The molecule has 7 rings (SSSR count). The van der Waals surface area contributed by atoms with Crippen LogP contribution < -0.4 is 0 Å². The van der Waals surface area contributed by atoms with Gasteiger partial charge in [0.05, 0.1) is 0 Å². The Balaban J connectivity index is 1.65. The Morgan fingerprint density at radius 1 is 0.333 bits per heavy atom. The number of hydrogen-bond acceptors (Lipinski definition) is 0. The Hall–Kier alpha value is -2.34. The van der Waals surface area contributed by atoms with Gasteiger partial charge in [0.2, 0.25) is 0 Å². The van der Waals surface area contributed by atoms with Gasteiger partial charge in [-0.05, 0) is 86.1 Å². The molecule has 0 unspecified atom stereocenters. The molecule has 0 radical (unpaired) electrons. The lowest BCUT2D eigenvalue weighted by Gasteiger charge is -2.35. The molecular formula is C27H24. The second kappa shape index (κ2) is 4.07. The van der Waals surface area contributed by atoms with Crippen LogP contribution in [0.5, 0.6) is 0 Å². The standard InChI is InChI=1S/C27H24/c1-10-11(2)17-7-16(10)22-23(17)25-19-9-21(15(6)14(19)5)27(25)26-20-8-18(24(22)26)12(3)13(20)4/h16-21H,1-9H2/t16-,17+,18-,19-,20+,21+. The van der Waals surface area contributed by atoms with Crippen LogP contribution in [0.4, 0.5) is 0 Å². The van der Waals surface area contributed by atoms with Crippen molar-refractivity contribution in [3.05, 3.63) is 106 Å². The van der Waals surface area contributed by atoms with Gasteiger partial charge in [-0.3, -0.25) is 0 Å². The molecule has 6 bridgehead atoms. The summed E-state index contributed by atoms with van der Waals surface area (Å²) in [5.41, 5.74) is 17.5. The summed E-state index contributed by atoms with van der Waals surface area (Å²) in [7, 11) is 0. The van der Waals surface area contributed by atoms with Crippen LogP contribution in [-0.2, 0) is 0 Å². The van der Waals surface area contributed by atoms with E-state index in [1.807, 2.05) is 0 Å². The predicted octanol–water partition coefficient (Wildman–Crippen LogP) is 6.78. The van der Waals surface area contributed by atoms with Crippen molar-refractivity contribution in [2.75, 3.05) is 0 Å². The van der Waals surface area contributed by atoms with Crippen LogP contribution in [0.3, 0.4) is 0 Å². The first-order valence-electron chi connectivity index (χ1n) is 10.3. The number of hydrogen-bond donors (Lipinski definition) is 0. The fourth-order valence-electron chi connectivity index (χ4n) is 7.78. The highest BCUT2D eigenvalue weighted by Crippen LogP contribution is 2.72. The van der Waals surface area contributed by atoms with Crippen LogP contribution in [0.15, 0.2) is 72.9 Å². The Kier molecular flexibility index (Phi) is 2.21. The third-order valence-corrected chi connectivity index (χ3v) is 9.01. The van der Waals surface area contributed by atoms with Crippen molar-refractivity contribution in [1.82, 2.24) is 0 Å². The van der Waals surface area contributed by atoms with Crippen LogP contribution in [0.1, 0.15) is 88.2 Å². The molecule has 0 nitrogen and oxygen atoms in total. The fourth-order valence-corrected chi connectivity index (χ4v) is 7.78. The van der Waals surface area contributed by atoms with Crippen LogP contribution in [0.2, 0.25) is 0 Å². The number of allylic oxidation sites excluding steroid dienone is 6. The lowest BCUT2D eigenvalue weighted by molar-refractivity contribution is 0.782.